The summed E-state index contributed by atoms with van der Waals surface area (Å²) in [5.74, 6) is 1.94. The number of nitriles is 1. The van der Waals surface area contributed by atoms with Crippen molar-refractivity contribution in [3.05, 3.63) is 29.8 Å². The van der Waals surface area contributed by atoms with Crippen LogP contribution >= 0.6 is 11.8 Å². The molecule has 1 N–H and O–H groups in total. The summed E-state index contributed by atoms with van der Waals surface area (Å²) >= 11 is 1.46. The van der Waals surface area contributed by atoms with Gasteiger partial charge >= 0.3 is 0 Å². The number of aliphatic hydroxyl groups excluding tert-OH is 1. The summed E-state index contributed by atoms with van der Waals surface area (Å²) in [6.07, 6.45) is -0.639. The molecular formula is C18H23N5O3S. The number of ether oxygens (including phenoxy) is 2. The third-order valence-corrected chi connectivity index (χ3v) is 5.25. The molecule has 1 saturated heterocycles. The van der Waals surface area contributed by atoms with E-state index in [1.807, 2.05) is 0 Å². The largest absolute Gasteiger partial charge is 0.491 e. The third kappa shape index (κ3) is 5.13. The number of thioether (sulfide) groups is 1. The van der Waals surface area contributed by atoms with E-state index in [-0.39, 0.29) is 6.61 Å². The van der Waals surface area contributed by atoms with Crippen LogP contribution in [0, 0.1) is 11.3 Å². The maximum atomic E-state index is 10.2. The van der Waals surface area contributed by atoms with E-state index < -0.39 is 6.10 Å². The Labute approximate surface area is 162 Å². The summed E-state index contributed by atoms with van der Waals surface area (Å²) < 4.78 is 13.0. The second kappa shape index (κ2) is 9.60. The highest BCUT2D eigenvalue weighted by Gasteiger charge is 2.20. The molecule has 1 fully saturated rings. The molecule has 0 aliphatic carbocycles. The molecule has 27 heavy (non-hydrogen) atoms. The third-order valence-electron chi connectivity index (χ3n) is 4.14. The summed E-state index contributed by atoms with van der Waals surface area (Å²) in [5, 5.41) is 28.4. The molecule has 0 radical (unpaired) electrons. The number of anilines is 1. The van der Waals surface area contributed by atoms with Gasteiger partial charge in [0.15, 0.2) is 5.16 Å². The first-order valence-electron chi connectivity index (χ1n) is 8.91. The average Bonchev–Trinajstić information content (AvgIpc) is 3.14. The summed E-state index contributed by atoms with van der Waals surface area (Å²) in [7, 11) is 0. The van der Waals surface area contributed by atoms with Crippen molar-refractivity contribution >= 4 is 17.7 Å². The van der Waals surface area contributed by atoms with Gasteiger partial charge in [0.1, 0.15) is 12.4 Å². The van der Waals surface area contributed by atoms with Crippen molar-refractivity contribution in [1.29, 1.82) is 5.26 Å². The molecule has 1 aromatic heterocycles. The van der Waals surface area contributed by atoms with E-state index in [1.54, 1.807) is 24.3 Å². The van der Waals surface area contributed by atoms with Gasteiger partial charge in [0.25, 0.3) is 0 Å². The molecule has 1 unspecified atom stereocenters. The zero-order valence-electron chi connectivity index (χ0n) is 15.2. The second-order valence-corrected chi connectivity index (χ2v) is 7.03. The van der Waals surface area contributed by atoms with Gasteiger partial charge in [0, 0.05) is 25.4 Å². The van der Waals surface area contributed by atoms with Gasteiger partial charge in [-0.2, -0.15) is 5.26 Å². The second-order valence-electron chi connectivity index (χ2n) is 6.04. The molecule has 9 heteroatoms. The predicted molar refractivity (Wildman–Crippen MR) is 102 cm³/mol. The highest BCUT2D eigenvalue weighted by atomic mass is 32.2. The topological polar surface area (TPSA) is 96.4 Å². The molecule has 1 atom stereocenters. The fourth-order valence-corrected chi connectivity index (χ4v) is 3.60. The Balaban J connectivity index is 1.51. The van der Waals surface area contributed by atoms with Crippen LogP contribution in [0.25, 0.3) is 0 Å². The Bertz CT molecular complexity index is 768. The number of morpholine rings is 1. The maximum absolute atomic E-state index is 10.2. The quantitative estimate of drug-likeness (QED) is 0.679. The van der Waals surface area contributed by atoms with Crippen LogP contribution < -0.4 is 9.64 Å². The van der Waals surface area contributed by atoms with Crippen LogP contribution in [0.15, 0.2) is 29.4 Å². The van der Waals surface area contributed by atoms with Crippen LogP contribution in [0.5, 0.6) is 5.75 Å². The van der Waals surface area contributed by atoms with Gasteiger partial charge in [-0.15, -0.1) is 10.2 Å². The highest BCUT2D eigenvalue weighted by Crippen LogP contribution is 2.23. The van der Waals surface area contributed by atoms with Gasteiger partial charge in [0.2, 0.25) is 5.95 Å². The van der Waals surface area contributed by atoms with Gasteiger partial charge in [0.05, 0.1) is 31.0 Å². The van der Waals surface area contributed by atoms with Gasteiger partial charge in [-0.25, -0.2) is 0 Å². The highest BCUT2D eigenvalue weighted by molar-refractivity contribution is 7.99. The van der Waals surface area contributed by atoms with E-state index in [1.165, 1.54) is 11.8 Å². The first kappa shape index (κ1) is 19.5. The minimum Gasteiger partial charge on any atom is -0.491 e. The number of hydrogen-bond acceptors (Lipinski definition) is 8. The molecule has 0 spiro atoms. The minimum absolute atomic E-state index is 0.176. The van der Waals surface area contributed by atoms with Crippen LogP contribution in [0.2, 0.25) is 0 Å². The predicted octanol–water partition coefficient (Wildman–Crippen LogP) is 1.54. The Morgan fingerprint density at radius 2 is 2.04 bits per heavy atom. The van der Waals surface area contributed by atoms with Crippen LogP contribution in [0.4, 0.5) is 5.95 Å². The van der Waals surface area contributed by atoms with Gasteiger partial charge in [-0.3, -0.25) is 4.57 Å². The molecule has 3 rings (SSSR count). The standard InChI is InChI=1S/C18H23N5O3S/c1-2-23-17(22-7-9-25-10-8-22)20-21-18(23)27-13-15(24)12-26-16-5-3-14(11-19)4-6-16/h3-6,15,24H,2,7-10,12-13H2,1H3. The summed E-state index contributed by atoms with van der Waals surface area (Å²) in [5.41, 5.74) is 0.577. The van der Waals surface area contributed by atoms with Crippen molar-refractivity contribution in [3.8, 4) is 11.8 Å². The van der Waals surface area contributed by atoms with Crippen molar-refractivity contribution in [2.24, 2.45) is 0 Å². The lowest BCUT2D eigenvalue weighted by molar-refractivity contribution is 0.121. The lowest BCUT2D eigenvalue weighted by Crippen LogP contribution is -2.38. The van der Waals surface area contributed by atoms with Crippen LogP contribution in [-0.4, -0.2) is 64.6 Å². The monoisotopic (exact) mass is 389 g/mol. The van der Waals surface area contributed by atoms with Gasteiger partial charge in [-0.05, 0) is 31.2 Å². The summed E-state index contributed by atoms with van der Waals surface area (Å²) in [6, 6.07) is 8.88. The van der Waals surface area contributed by atoms with Gasteiger partial charge in [-0.1, -0.05) is 11.8 Å². The Hall–Kier alpha value is -2.28. The smallest absolute Gasteiger partial charge is 0.228 e. The van der Waals surface area contributed by atoms with Crippen molar-refractivity contribution in [2.75, 3.05) is 43.6 Å². The van der Waals surface area contributed by atoms with Gasteiger partial charge < -0.3 is 19.5 Å². The van der Waals surface area contributed by atoms with E-state index >= 15 is 0 Å². The zero-order chi connectivity index (χ0) is 19.1. The number of aromatic nitrogens is 3. The van der Waals surface area contributed by atoms with E-state index in [0.29, 0.717) is 30.3 Å². The lowest BCUT2D eigenvalue weighted by Gasteiger charge is -2.27. The fraction of sp³-hybridized carbons (Fsp3) is 0.500. The van der Waals surface area contributed by atoms with Crippen molar-refractivity contribution in [3.63, 3.8) is 0 Å². The molecule has 1 aliphatic heterocycles. The first-order chi connectivity index (χ1) is 13.2. The normalized spacial score (nSPS) is 15.4. The molecule has 1 aliphatic rings. The molecule has 0 amide bonds. The molecule has 2 aromatic rings. The van der Waals surface area contributed by atoms with Crippen molar-refractivity contribution < 1.29 is 14.6 Å². The van der Waals surface area contributed by atoms with Crippen LogP contribution in [0.1, 0.15) is 12.5 Å². The number of benzene rings is 1. The number of rotatable bonds is 8. The lowest BCUT2D eigenvalue weighted by atomic mass is 10.2. The molecule has 0 saturated carbocycles. The molecule has 8 nitrogen and oxygen atoms in total. The Morgan fingerprint density at radius 3 is 2.70 bits per heavy atom. The van der Waals surface area contributed by atoms with E-state index in [2.05, 4.69) is 32.7 Å². The molecular weight excluding hydrogens is 366 g/mol. The molecule has 0 bridgehead atoms. The van der Waals surface area contributed by atoms with Crippen LogP contribution in [0.3, 0.4) is 0 Å². The average molecular weight is 389 g/mol. The van der Waals surface area contributed by atoms with Crippen LogP contribution in [-0.2, 0) is 11.3 Å². The Morgan fingerprint density at radius 1 is 1.30 bits per heavy atom. The zero-order valence-corrected chi connectivity index (χ0v) is 16.1. The van der Waals surface area contributed by atoms with Crippen molar-refractivity contribution in [1.82, 2.24) is 14.8 Å². The van der Waals surface area contributed by atoms with E-state index in [0.717, 1.165) is 30.7 Å². The number of hydrogen-bond donors (Lipinski definition) is 1. The molecule has 2 heterocycles. The Kier molecular flexibility index (Phi) is 6.92. The molecule has 1 aromatic carbocycles. The SMILES string of the molecule is CCn1c(SCC(O)COc2ccc(C#N)cc2)nnc1N1CCOCC1. The first-order valence-corrected chi connectivity index (χ1v) is 9.89. The minimum atomic E-state index is -0.639. The summed E-state index contributed by atoms with van der Waals surface area (Å²) in [6.45, 7) is 6.01. The number of aliphatic hydroxyl groups is 1. The maximum Gasteiger partial charge on any atom is 0.228 e. The number of nitrogens with zero attached hydrogens (tertiary/aromatic N) is 5. The van der Waals surface area contributed by atoms with E-state index in [9.17, 15) is 5.11 Å². The van der Waals surface area contributed by atoms with E-state index in [4.69, 9.17) is 14.7 Å². The fourth-order valence-electron chi connectivity index (χ4n) is 2.70. The van der Waals surface area contributed by atoms with Crippen molar-refractivity contribution in [2.45, 2.75) is 24.7 Å². The molecule has 144 valence electrons. The summed E-state index contributed by atoms with van der Waals surface area (Å²) in [4.78, 5) is 2.18.